The Balaban J connectivity index is 0.961. The molecule has 6 fully saturated rings. The predicted molar refractivity (Wildman–Crippen MR) is 175 cm³/mol. The quantitative estimate of drug-likeness (QED) is 0.0976. The highest BCUT2D eigenvalue weighted by atomic mass is 19.4. The lowest BCUT2D eigenvalue weighted by molar-refractivity contribution is -0.557. The summed E-state index contributed by atoms with van der Waals surface area (Å²) in [6.45, 7) is 7.52. The van der Waals surface area contributed by atoms with Gasteiger partial charge in [0.25, 0.3) is 0 Å². The Morgan fingerprint density at radius 1 is 0.778 bits per heavy atom. The van der Waals surface area contributed by atoms with E-state index in [4.69, 9.17) is 38.2 Å². The molecule has 6 heterocycles. The van der Waals surface area contributed by atoms with Gasteiger partial charge in [0, 0.05) is 54.8 Å². The summed E-state index contributed by atoms with van der Waals surface area (Å²) in [7, 11) is 1.77. The molecule has 1 N–H and O–H groups in total. The van der Waals surface area contributed by atoms with Gasteiger partial charge in [-0.2, -0.15) is 26.3 Å². The third kappa shape index (κ3) is 7.43. The maximum Gasteiger partial charge on any atom is 0.449 e. The van der Waals surface area contributed by atoms with Crippen molar-refractivity contribution in [2.75, 3.05) is 46.6 Å². The average molecular weight is 786 g/mol. The average Bonchev–Trinajstić information content (AvgIpc) is 3.42. The number of halogens is 6. The molecule has 0 aromatic carbocycles. The van der Waals surface area contributed by atoms with Crippen LogP contribution in [0.5, 0.6) is 0 Å². The summed E-state index contributed by atoms with van der Waals surface area (Å²) in [6.07, 6.45) is -7.65. The maximum absolute atomic E-state index is 14.5. The highest BCUT2D eigenvalue weighted by Gasteiger charge is 2.70. The summed E-state index contributed by atoms with van der Waals surface area (Å²) in [5, 5.41) is 9.51. The van der Waals surface area contributed by atoms with Crippen molar-refractivity contribution in [3.05, 3.63) is 22.7 Å². The van der Waals surface area contributed by atoms with Crippen molar-refractivity contribution in [1.82, 2.24) is 4.90 Å². The Morgan fingerprint density at radius 3 is 2.09 bits per heavy atom. The highest BCUT2D eigenvalue weighted by molar-refractivity contribution is 5.28. The zero-order valence-corrected chi connectivity index (χ0v) is 31.4. The molecule has 12 atom stereocenters. The van der Waals surface area contributed by atoms with Crippen LogP contribution in [0.25, 0.3) is 0 Å². The Morgan fingerprint density at radius 2 is 1.43 bits per heavy atom. The van der Waals surface area contributed by atoms with E-state index in [9.17, 15) is 31.6 Å². The zero-order valence-electron chi connectivity index (χ0n) is 31.4. The van der Waals surface area contributed by atoms with Crippen molar-refractivity contribution < 1.29 is 74.7 Å². The zero-order chi connectivity index (χ0) is 38.8. The molecule has 4 saturated heterocycles. The second-order valence-electron chi connectivity index (χ2n) is 16.9. The fourth-order valence-corrected chi connectivity index (χ4v) is 10.4. The van der Waals surface area contributed by atoms with E-state index < -0.39 is 65.5 Å². The number of allylic oxidation sites excluding steroid dienone is 2. The summed E-state index contributed by atoms with van der Waals surface area (Å²) in [5.74, 6) is -6.18. The fourth-order valence-electron chi connectivity index (χ4n) is 10.4. The first-order valence-electron chi connectivity index (χ1n) is 19.2. The van der Waals surface area contributed by atoms with Gasteiger partial charge in [0.1, 0.15) is 0 Å². The predicted octanol–water partition coefficient (Wildman–Crippen LogP) is 7.48. The summed E-state index contributed by atoms with van der Waals surface area (Å²) in [6, 6.07) is 0. The van der Waals surface area contributed by atoms with Crippen LogP contribution < -0.4 is 0 Å². The van der Waals surface area contributed by atoms with E-state index in [0.29, 0.717) is 58.0 Å². The molecule has 8 aliphatic rings. The molecule has 0 radical (unpaired) electrons. The Kier molecular flexibility index (Phi) is 11.2. The van der Waals surface area contributed by atoms with Gasteiger partial charge in [-0.15, -0.1) is 0 Å². The molecule has 308 valence electrons. The number of hydrogen-bond donors (Lipinski definition) is 1. The van der Waals surface area contributed by atoms with Gasteiger partial charge in [-0.05, 0) is 83.1 Å². The van der Waals surface area contributed by atoms with Gasteiger partial charge in [-0.1, -0.05) is 13.8 Å². The Hall–Kier alpha value is -1.70. The maximum atomic E-state index is 14.5. The molecule has 8 rings (SSSR count). The minimum absolute atomic E-state index is 0.00815. The molecule has 2 aliphatic carbocycles. The van der Waals surface area contributed by atoms with Gasteiger partial charge < -0.3 is 33.3 Å². The summed E-state index contributed by atoms with van der Waals surface area (Å²) in [4.78, 5) is 18.1. The topological polar surface area (TPSA) is 107 Å². The molecular formula is C37H53F6NO10. The lowest BCUT2D eigenvalue weighted by Gasteiger charge is -2.57. The van der Waals surface area contributed by atoms with Crippen molar-refractivity contribution in [1.29, 1.82) is 0 Å². The SMILES string of the molecule is C[C@@H]1CC[C@H]2C(COCCN(C)CCOCC3=C(C(F)(F)F)O[C@@H]4O[C@]5(C)CCC6[C@H](C)CC[C@@H]3[C@]64OO5)=C(C(F)(F)F)O[C@@H]3OC(C)(OO)CCC1C32. The van der Waals surface area contributed by atoms with Crippen LogP contribution in [-0.4, -0.2) is 98.8 Å². The van der Waals surface area contributed by atoms with Crippen LogP contribution in [0.15, 0.2) is 22.7 Å². The largest absolute Gasteiger partial charge is 0.459 e. The Bertz CT molecular complexity index is 1440. The molecule has 2 saturated carbocycles. The lowest BCUT2D eigenvalue weighted by Crippen LogP contribution is -2.67. The number of likely N-dealkylation sites (N-methyl/N-ethyl adjacent to an activating group) is 1. The number of nitrogens with zero attached hydrogens (tertiary/aromatic N) is 1. The standard InChI is InChI=1S/C37H53F6NO10/c1-20-6-8-23-24(29(36(38,39)40)48-31-28(23)22(20)10-12-33(3,50-31)52-45)18-46-16-14-44(5)15-17-47-19-25-27-9-7-21(2)26-11-13-34(4)51-32(35(26,27)54-53-34)49-30(25)37(41,42)43/h20-23,26-28,31-32,45H,6-19H2,1-5H3/t20-,21-,22?,23+,26?,27+,28?,31-,32-,33?,34+,35-/m1/s1. The van der Waals surface area contributed by atoms with Crippen molar-refractivity contribution >= 4 is 0 Å². The fraction of sp³-hybridized carbons (Fsp3) is 0.892. The third-order valence-electron chi connectivity index (χ3n) is 13.3. The van der Waals surface area contributed by atoms with Crippen LogP contribution in [0.1, 0.15) is 79.1 Å². The lowest BCUT2D eigenvalue weighted by atomic mass is 9.59. The van der Waals surface area contributed by atoms with Crippen LogP contribution in [0.3, 0.4) is 0 Å². The molecule has 0 amide bonds. The second kappa shape index (κ2) is 14.9. The molecule has 54 heavy (non-hydrogen) atoms. The van der Waals surface area contributed by atoms with Crippen molar-refractivity contribution in [3.63, 3.8) is 0 Å². The van der Waals surface area contributed by atoms with Crippen LogP contribution >= 0.6 is 0 Å². The van der Waals surface area contributed by atoms with Crippen molar-refractivity contribution in [2.24, 2.45) is 41.4 Å². The second-order valence-corrected chi connectivity index (χ2v) is 16.9. The molecule has 6 aliphatic heterocycles. The van der Waals surface area contributed by atoms with Gasteiger partial charge in [0.15, 0.2) is 5.60 Å². The monoisotopic (exact) mass is 785 g/mol. The van der Waals surface area contributed by atoms with E-state index in [1.54, 1.807) is 14.0 Å². The van der Waals surface area contributed by atoms with Gasteiger partial charge >= 0.3 is 12.4 Å². The van der Waals surface area contributed by atoms with Gasteiger partial charge in [-0.25, -0.2) is 19.9 Å². The molecule has 17 heteroatoms. The number of hydrogen-bond acceptors (Lipinski definition) is 11. The summed E-state index contributed by atoms with van der Waals surface area (Å²) in [5.41, 5.74) is -1.18. The number of alkyl halides is 6. The normalized spacial score (nSPS) is 42.2. The molecule has 1 spiro atoms. The minimum atomic E-state index is -4.79. The first-order valence-corrected chi connectivity index (χ1v) is 19.2. The number of rotatable bonds is 11. The van der Waals surface area contributed by atoms with E-state index in [1.807, 2.05) is 4.90 Å². The van der Waals surface area contributed by atoms with E-state index in [-0.39, 0.29) is 67.2 Å². The van der Waals surface area contributed by atoms with Crippen molar-refractivity contribution in [2.45, 2.75) is 121 Å². The molecular weight excluding hydrogens is 732 g/mol. The molecule has 4 unspecified atom stereocenters. The summed E-state index contributed by atoms with van der Waals surface area (Å²) >= 11 is 0. The van der Waals surface area contributed by atoms with Gasteiger partial charge in [0.2, 0.25) is 35.7 Å². The highest BCUT2D eigenvalue weighted by Crippen LogP contribution is 2.61. The molecule has 0 aromatic heterocycles. The molecule has 2 bridgehead atoms. The number of fused-ring (bicyclic) bond motifs is 2. The number of ether oxygens (including phenoxy) is 6. The van der Waals surface area contributed by atoms with Crippen LogP contribution in [0.4, 0.5) is 26.3 Å². The van der Waals surface area contributed by atoms with Crippen LogP contribution in [-0.2, 0) is 43.1 Å². The van der Waals surface area contributed by atoms with E-state index in [2.05, 4.69) is 18.7 Å². The summed E-state index contributed by atoms with van der Waals surface area (Å²) < 4.78 is 122. The molecule has 11 nitrogen and oxygen atoms in total. The van der Waals surface area contributed by atoms with Gasteiger partial charge in [0.05, 0.1) is 26.4 Å². The van der Waals surface area contributed by atoms with Crippen LogP contribution in [0.2, 0.25) is 0 Å². The van der Waals surface area contributed by atoms with Crippen LogP contribution in [0, 0.1) is 41.4 Å². The first kappa shape index (κ1) is 40.5. The molecule has 0 aromatic rings. The minimum Gasteiger partial charge on any atom is -0.459 e. The van der Waals surface area contributed by atoms with E-state index >= 15 is 0 Å². The van der Waals surface area contributed by atoms with Gasteiger partial charge in [-0.3, -0.25) is 0 Å². The van der Waals surface area contributed by atoms with E-state index in [1.165, 1.54) is 6.92 Å². The third-order valence-corrected chi connectivity index (χ3v) is 13.3. The smallest absolute Gasteiger partial charge is 0.449 e. The van der Waals surface area contributed by atoms with E-state index in [0.717, 1.165) is 6.42 Å². The first-order chi connectivity index (χ1) is 25.4. The Labute approximate surface area is 311 Å². The van der Waals surface area contributed by atoms with Crippen molar-refractivity contribution in [3.8, 4) is 0 Å².